The van der Waals surface area contributed by atoms with Gasteiger partial charge in [0.1, 0.15) is 5.56 Å². The van der Waals surface area contributed by atoms with E-state index in [1.807, 2.05) is 70.3 Å². The van der Waals surface area contributed by atoms with Crippen LogP contribution in [-0.2, 0) is 4.74 Å². The number of nitrogens with zero attached hydrogens (tertiary/aromatic N) is 6. The second kappa shape index (κ2) is 13.0. The molecule has 0 fully saturated rings. The zero-order chi connectivity index (χ0) is 29.7. The number of carbonyl (C=O) groups is 2. The van der Waals surface area contributed by atoms with Gasteiger partial charge >= 0.3 is 5.97 Å². The fourth-order valence-electron chi connectivity index (χ4n) is 4.15. The molecule has 0 atom stereocenters. The number of carbonyl (C=O) groups excluding carboxylic acids is 2. The monoisotopic (exact) mass is 592 g/mol. The predicted molar refractivity (Wildman–Crippen MR) is 161 cm³/mol. The molecule has 0 saturated carbocycles. The van der Waals surface area contributed by atoms with E-state index < -0.39 is 11.9 Å². The Morgan fingerprint density at radius 1 is 1.00 bits per heavy atom. The molecule has 9 nitrogen and oxygen atoms in total. The molecule has 11 heteroatoms. The largest absolute Gasteiger partial charge is 0.462 e. The second-order valence-electron chi connectivity index (χ2n) is 8.92. The molecular formula is C30H30Cl2N6O3. The van der Waals surface area contributed by atoms with Crippen molar-refractivity contribution in [2.24, 2.45) is 0 Å². The highest BCUT2D eigenvalue weighted by Crippen LogP contribution is 2.29. The Kier molecular flexibility index (Phi) is 9.42. The van der Waals surface area contributed by atoms with Crippen LogP contribution < -0.4 is 4.90 Å². The molecule has 1 amide bonds. The third-order valence-electron chi connectivity index (χ3n) is 5.98. The highest BCUT2D eigenvalue weighted by atomic mass is 35.5. The Hall–Kier alpha value is -4.21. The summed E-state index contributed by atoms with van der Waals surface area (Å²) in [6.07, 6.45) is 5.11. The molecule has 5 aromatic rings. The zero-order valence-corrected chi connectivity index (χ0v) is 24.9. The third kappa shape index (κ3) is 6.26. The maximum Gasteiger partial charge on any atom is 0.343 e. The van der Waals surface area contributed by atoms with E-state index >= 15 is 0 Å². The molecule has 2 aromatic carbocycles. The van der Waals surface area contributed by atoms with Crippen LogP contribution in [0.5, 0.6) is 0 Å². The summed E-state index contributed by atoms with van der Waals surface area (Å²) in [7, 11) is 0. The van der Waals surface area contributed by atoms with Gasteiger partial charge in [-0.15, -0.1) is 5.10 Å². The summed E-state index contributed by atoms with van der Waals surface area (Å²) >= 11 is 12.4. The second-order valence-corrected chi connectivity index (χ2v) is 9.77. The summed E-state index contributed by atoms with van der Waals surface area (Å²) in [6.45, 7) is 9.54. The molecular weight excluding hydrogens is 563 g/mol. The maximum atomic E-state index is 13.7. The maximum absolute atomic E-state index is 13.7. The molecule has 0 aliphatic heterocycles. The van der Waals surface area contributed by atoms with Gasteiger partial charge in [0.2, 0.25) is 0 Å². The molecule has 212 valence electrons. The molecule has 0 bridgehead atoms. The summed E-state index contributed by atoms with van der Waals surface area (Å²) in [5, 5.41) is 9.83. The molecule has 0 aliphatic rings. The molecule has 0 saturated heterocycles. The average molecular weight is 594 g/mol. The van der Waals surface area contributed by atoms with Crippen molar-refractivity contribution in [3.63, 3.8) is 0 Å². The average Bonchev–Trinajstić information content (AvgIpc) is 3.59. The van der Waals surface area contributed by atoms with Gasteiger partial charge in [0, 0.05) is 41.3 Å². The van der Waals surface area contributed by atoms with E-state index in [4.69, 9.17) is 27.9 Å². The molecule has 0 aliphatic carbocycles. The van der Waals surface area contributed by atoms with Crippen LogP contribution in [0.1, 0.15) is 55.3 Å². The first-order chi connectivity index (χ1) is 19.8. The smallest absolute Gasteiger partial charge is 0.343 e. The summed E-state index contributed by atoms with van der Waals surface area (Å²) in [4.78, 5) is 32.3. The van der Waals surface area contributed by atoms with Crippen molar-refractivity contribution in [1.29, 1.82) is 0 Å². The lowest BCUT2D eigenvalue weighted by Gasteiger charge is -2.26. The van der Waals surface area contributed by atoms with Crippen LogP contribution >= 0.6 is 23.2 Å². The van der Waals surface area contributed by atoms with Gasteiger partial charge in [-0.2, -0.15) is 5.10 Å². The van der Waals surface area contributed by atoms with Crippen LogP contribution in [0.4, 0.5) is 5.82 Å². The minimum atomic E-state index is -0.590. The van der Waals surface area contributed by atoms with Gasteiger partial charge in [0.15, 0.2) is 11.5 Å². The number of rotatable bonds is 7. The summed E-state index contributed by atoms with van der Waals surface area (Å²) in [5.41, 5.74) is 3.47. The SMILES string of the molecule is CC.CCOC(=O)c1cn(-c2ccc(-c3cc4ncccn4n3)cc2)nc1N(C(=O)c1ccc(Cl)cc1Cl)C(C)C. The molecule has 3 heterocycles. The van der Waals surface area contributed by atoms with Gasteiger partial charge in [0.05, 0.1) is 28.6 Å². The lowest BCUT2D eigenvalue weighted by molar-refractivity contribution is 0.0527. The van der Waals surface area contributed by atoms with Gasteiger partial charge in [-0.05, 0) is 57.2 Å². The highest BCUT2D eigenvalue weighted by molar-refractivity contribution is 6.37. The van der Waals surface area contributed by atoms with Gasteiger partial charge in [-0.1, -0.05) is 49.2 Å². The third-order valence-corrected chi connectivity index (χ3v) is 6.53. The normalized spacial score (nSPS) is 10.8. The first-order valence-corrected chi connectivity index (χ1v) is 14.0. The van der Waals surface area contributed by atoms with Crippen LogP contribution in [0.2, 0.25) is 10.0 Å². The summed E-state index contributed by atoms with van der Waals surface area (Å²) < 4.78 is 8.54. The molecule has 41 heavy (non-hydrogen) atoms. The number of fused-ring (bicyclic) bond motifs is 1. The quantitative estimate of drug-likeness (QED) is 0.186. The van der Waals surface area contributed by atoms with E-state index in [2.05, 4.69) is 15.2 Å². The lowest BCUT2D eigenvalue weighted by atomic mass is 10.1. The topological polar surface area (TPSA) is 94.6 Å². The Morgan fingerprint density at radius 2 is 1.73 bits per heavy atom. The molecule has 3 aromatic heterocycles. The van der Waals surface area contributed by atoms with Crippen LogP contribution in [0.15, 0.2) is 73.2 Å². The summed E-state index contributed by atoms with van der Waals surface area (Å²) in [5.74, 6) is -0.846. The first-order valence-electron chi connectivity index (χ1n) is 13.2. The highest BCUT2D eigenvalue weighted by Gasteiger charge is 2.30. The number of hydrogen-bond donors (Lipinski definition) is 0. The van der Waals surface area contributed by atoms with E-state index in [-0.39, 0.29) is 34.6 Å². The van der Waals surface area contributed by atoms with Gasteiger partial charge in [-0.3, -0.25) is 9.69 Å². The number of aromatic nitrogens is 5. The molecule has 5 rings (SSSR count). The number of hydrogen-bond acceptors (Lipinski definition) is 6. The summed E-state index contributed by atoms with van der Waals surface area (Å²) in [6, 6.07) is 15.5. The Labute approximate surface area is 248 Å². The Bertz CT molecular complexity index is 1640. The number of benzene rings is 2. The van der Waals surface area contributed by atoms with E-state index in [0.717, 1.165) is 16.9 Å². The van der Waals surface area contributed by atoms with E-state index in [1.54, 1.807) is 40.6 Å². The number of amides is 1. The fourth-order valence-corrected chi connectivity index (χ4v) is 4.64. The fraction of sp³-hybridized carbons (Fsp3) is 0.233. The molecule has 0 N–H and O–H groups in total. The van der Waals surface area contributed by atoms with Crippen molar-refractivity contribution in [2.75, 3.05) is 11.5 Å². The van der Waals surface area contributed by atoms with Crippen molar-refractivity contribution in [1.82, 2.24) is 24.4 Å². The molecule has 0 radical (unpaired) electrons. The van der Waals surface area contributed by atoms with E-state index in [1.165, 1.54) is 11.0 Å². The Morgan fingerprint density at radius 3 is 2.37 bits per heavy atom. The standard InChI is InChI=1S/C28H24Cl2N6O3.C2H6/c1-4-39-28(38)22-16-35(20-9-6-18(7-10-20)24-15-25-31-12-5-13-34(25)32-24)33-26(22)36(17(2)3)27(37)21-11-8-19(29)14-23(21)30;1-2/h5-17H,4H2,1-3H3;1-2H3. The van der Waals surface area contributed by atoms with Crippen LogP contribution in [0.3, 0.4) is 0 Å². The van der Waals surface area contributed by atoms with Crippen molar-refractivity contribution >= 4 is 46.5 Å². The van der Waals surface area contributed by atoms with Gasteiger partial charge in [-0.25, -0.2) is 19.0 Å². The molecule has 0 unspecified atom stereocenters. The lowest BCUT2D eigenvalue weighted by Crippen LogP contribution is -2.38. The zero-order valence-electron chi connectivity index (χ0n) is 23.4. The van der Waals surface area contributed by atoms with Crippen molar-refractivity contribution in [2.45, 2.75) is 40.7 Å². The minimum Gasteiger partial charge on any atom is -0.462 e. The van der Waals surface area contributed by atoms with E-state index in [9.17, 15) is 9.59 Å². The number of esters is 1. The van der Waals surface area contributed by atoms with Gasteiger partial charge < -0.3 is 4.74 Å². The van der Waals surface area contributed by atoms with Crippen molar-refractivity contribution in [3.8, 4) is 16.9 Å². The number of ether oxygens (including phenoxy) is 1. The predicted octanol–water partition coefficient (Wildman–Crippen LogP) is 7.15. The van der Waals surface area contributed by atoms with Crippen LogP contribution in [0.25, 0.3) is 22.6 Å². The van der Waals surface area contributed by atoms with Crippen LogP contribution in [0, 0.1) is 0 Å². The number of anilines is 1. The number of halogens is 2. The Balaban J connectivity index is 0.00000189. The minimum absolute atomic E-state index is 0.152. The van der Waals surface area contributed by atoms with Gasteiger partial charge in [0.25, 0.3) is 5.91 Å². The van der Waals surface area contributed by atoms with E-state index in [0.29, 0.717) is 10.7 Å². The first kappa shape index (κ1) is 29.8. The van der Waals surface area contributed by atoms with Crippen molar-refractivity contribution < 1.29 is 14.3 Å². The molecule has 0 spiro atoms. The van der Waals surface area contributed by atoms with Crippen LogP contribution in [-0.4, -0.2) is 48.9 Å². The van der Waals surface area contributed by atoms with Crippen molar-refractivity contribution in [3.05, 3.63) is 94.4 Å².